The van der Waals surface area contributed by atoms with Crippen LogP contribution in [0.15, 0.2) is 28.7 Å². The number of nitrogens with zero attached hydrogens (tertiary/aromatic N) is 1. The highest BCUT2D eigenvalue weighted by Gasteiger charge is 2.16. The average Bonchev–Trinajstić information content (AvgIpc) is 2.46. The zero-order valence-electron chi connectivity index (χ0n) is 12.2. The molecule has 2 unspecified atom stereocenters. The lowest BCUT2D eigenvalue weighted by Gasteiger charge is -2.27. The van der Waals surface area contributed by atoms with Crippen molar-refractivity contribution in [2.75, 3.05) is 33.4 Å². The lowest BCUT2D eigenvalue weighted by molar-refractivity contribution is 0.0417. The van der Waals surface area contributed by atoms with E-state index in [1.165, 1.54) is 18.4 Å². The summed E-state index contributed by atoms with van der Waals surface area (Å²) in [5.41, 5.74) is 7.48. The number of ether oxygens (including phenoxy) is 1. The van der Waals surface area contributed by atoms with E-state index in [1.807, 2.05) is 12.1 Å². The van der Waals surface area contributed by atoms with E-state index in [1.54, 1.807) is 0 Å². The van der Waals surface area contributed by atoms with Crippen LogP contribution in [0.3, 0.4) is 0 Å². The molecule has 0 saturated carbocycles. The molecule has 4 heteroatoms. The summed E-state index contributed by atoms with van der Waals surface area (Å²) in [5, 5.41) is 0. The molecule has 2 N–H and O–H groups in total. The van der Waals surface area contributed by atoms with Crippen molar-refractivity contribution in [3.05, 3.63) is 34.3 Å². The Kier molecular flexibility index (Phi) is 6.49. The van der Waals surface area contributed by atoms with Crippen LogP contribution >= 0.6 is 15.9 Å². The van der Waals surface area contributed by atoms with E-state index in [4.69, 9.17) is 10.5 Å². The Bertz CT molecular complexity index is 407. The summed E-state index contributed by atoms with van der Waals surface area (Å²) >= 11 is 3.50. The maximum Gasteiger partial charge on any atom is 0.0506 e. The Hall–Kier alpha value is -0.420. The molecule has 3 nitrogen and oxygen atoms in total. The van der Waals surface area contributed by atoms with Crippen LogP contribution < -0.4 is 5.73 Å². The molecule has 2 rings (SSSR count). The van der Waals surface area contributed by atoms with Gasteiger partial charge in [0, 0.05) is 23.7 Å². The second kappa shape index (κ2) is 8.13. The minimum Gasteiger partial charge on any atom is -0.381 e. The van der Waals surface area contributed by atoms with Gasteiger partial charge in [-0.3, -0.25) is 0 Å². The Labute approximate surface area is 130 Å². The Morgan fingerprint density at radius 2 is 2.35 bits per heavy atom. The minimum absolute atomic E-state index is 0.109. The fourth-order valence-corrected chi connectivity index (χ4v) is 3.16. The Morgan fingerprint density at radius 3 is 3.05 bits per heavy atom. The van der Waals surface area contributed by atoms with Crippen LogP contribution in [0.25, 0.3) is 0 Å². The molecule has 112 valence electrons. The average molecular weight is 341 g/mol. The zero-order chi connectivity index (χ0) is 14.4. The Morgan fingerprint density at radius 1 is 1.50 bits per heavy atom. The molecule has 0 amide bonds. The molecule has 0 spiro atoms. The maximum absolute atomic E-state index is 6.27. The van der Waals surface area contributed by atoms with E-state index in [9.17, 15) is 0 Å². The number of benzene rings is 1. The van der Waals surface area contributed by atoms with Gasteiger partial charge in [-0.15, -0.1) is 0 Å². The summed E-state index contributed by atoms with van der Waals surface area (Å²) in [5.74, 6) is 0.691. The highest BCUT2D eigenvalue weighted by atomic mass is 79.9. The van der Waals surface area contributed by atoms with Gasteiger partial charge in [-0.05, 0) is 56.5 Å². The third kappa shape index (κ3) is 5.17. The van der Waals surface area contributed by atoms with Crippen LogP contribution in [-0.4, -0.2) is 38.3 Å². The molecule has 0 aromatic heterocycles. The number of rotatable bonds is 6. The first kappa shape index (κ1) is 16.0. The first-order valence-corrected chi connectivity index (χ1v) is 8.22. The van der Waals surface area contributed by atoms with E-state index in [0.29, 0.717) is 5.92 Å². The van der Waals surface area contributed by atoms with Crippen LogP contribution in [-0.2, 0) is 4.74 Å². The van der Waals surface area contributed by atoms with Crippen LogP contribution in [0, 0.1) is 5.92 Å². The summed E-state index contributed by atoms with van der Waals surface area (Å²) < 4.78 is 6.63. The van der Waals surface area contributed by atoms with Gasteiger partial charge in [0.2, 0.25) is 0 Å². The second-order valence-corrected chi connectivity index (χ2v) is 6.71. The van der Waals surface area contributed by atoms with Crippen molar-refractivity contribution in [3.63, 3.8) is 0 Å². The first-order valence-electron chi connectivity index (χ1n) is 7.42. The van der Waals surface area contributed by atoms with Gasteiger partial charge in [-0.25, -0.2) is 0 Å². The number of hydrogen-bond donors (Lipinski definition) is 1. The summed E-state index contributed by atoms with van der Waals surface area (Å²) in [6.45, 7) is 4.01. The molecule has 0 radical (unpaired) electrons. The van der Waals surface area contributed by atoms with Crippen molar-refractivity contribution < 1.29 is 4.74 Å². The Balaban J connectivity index is 1.73. The molecule has 1 aromatic rings. The topological polar surface area (TPSA) is 38.5 Å². The molecule has 1 heterocycles. The molecule has 1 saturated heterocycles. The van der Waals surface area contributed by atoms with Gasteiger partial charge >= 0.3 is 0 Å². The van der Waals surface area contributed by atoms with Crippen LogP contribution in [0.1, 0.15) is 30.9 Å². The van der Waals surface area contributed by atoms with E-state index in [-0.39, 0.29) is 6.04 Å². The van der Waals surface area contributed by atoms with Crippen LogP contribution in [0.2, 0.25) is 0 Å². The van der Waals surface area contributed by atoms with Gasteiger partial charge in [-0.2, -0.15) is 0 Å². The van der Waals surface area contributed by atoms with Crippen molar-refractivity contribution in [3.8, 4) is 0 Å². The third-order valence-corrected chi connectivity index (χ3v) is 4.42. The van der Waals surface area contributed by atoms with Gasteiger partial charge in [0.05, 0.1) is 6.61 Å². The molecule has 0 bridgehead atoms. The molecule has 20 heavy (non-hydrogen) atoms. The normalized spacial score (nSPS) is 21.1. The summed E-state index contributed by atoms with van der Waals surface area (Å²) in [7, 11) is 2.18. The van der Waals surface area contributed by atoms with E-state index in [0.717, 1.165) is 37.2 Å². The predicted octanol–water partition coefficient (Wildman–Crippen LogP) is 3.20. The van der Waals surface area contributed by atoms with E-state index < -0.39 is 0 Å². The molecule has 2 atom stereocenters. The fourth-order valence-electron chi connectivity index (χ4n) is 2.75. The monoisotopic (exact) mass is 340 g/mol. The lowest BCUT2D eigenvalue weighted by atomic mass is 10.0. The van der Waals surface area contributed by atoms with Gasteiger partial charge < -0.3 is 15.4 Å². The molecule has 1 aromatic carbocycles. The second-order valence-electron chi connectivity index (χ2n) is 5.80. The van der Waals surface area contributed by atoms with Gasteiger partial charge in [0.1, 0.15) is 0 Å². The third-order valence-electron chi connectivity index (χ3n) is 3.92. The SMILES string of the molecule is CN(CCC(N)c1cccc(Br)c1)CC1CCCOC1. The summed E-state index contributed by atoms with van der Waals surface area (Å²) in [4.78, 5) is 2.39. The molecule has 0 aliphatic carbocycles. The van der Waals surface area contributed by atoms with Gasteiger partial charge in [0.25, 0.3) is 0 Å². The first-order chi connectivity index (χ1) is 9.65. The predicted molar refractivity (Wildman–Crippen MR) is 86.7 cm³/mol. The number of nitrogens with two attached hydrogens (primary N) is 1. The van der Waals surface area contributed by atoms with Crippen molar-refractivity contribution in [1.29, 1.82) is 0 Å². The lowest BCUT2D eigenvalue weighted by Crippen LogP contribution is -2.32. The van der Waals surface area contributed by atoms with Crippen LogP contribution in [0.5, 0.6) is 0 Å². The van der Waals surface area contributed by atoms with Gasteiger partial charge in [-0.1, -0.05) is 28.1 Å². The molecule has 1 aliphatic heterocycles. The molecular weight excluding hydrogens is 316 g/mol. The quantitative estimate of drug-likeness (QED) is 0.864. The molecular formula is C16H25BrN2O. The van der Waals surface area contributed by atoms with Crippen molar-refractivity contribution in [1.82, 2.24) is 4.90 Å². The van der Waals surface area contributed by atoms with Gasteiger partial charge in [0.15, 0.2) is 0 Å². The largest absolute Gasteiger partial charge is 0.381 e. The van der Waals surface area contributed by atoms with Crippen molar-refractivity contribution in [2.24, 2.45) is 11.7 Å². The molecule has 1 aliphatic rings. The van der Waals surface area contributed by atoms with Crippen LogP contribution in [0.4, 0.5) is 0 Å². The molecule has 1 fully saturated rings. The maximum atomic E-state index is 6.27. The van der Waals surface area contributed by atoms with E-state index >= 15 is 0 Å². The fraction of sp³-hybridized carbons (Fsp3) is 0.625. The number of halogens is 1. The smallest absolute Gasteiger partial charge is 0.0506 e. The van der Waals surface area contributed by atoms with E-state index in [2.05, 4.69) is 40.0 Å². The van der Waals surface area contributed by atoms with Crippen molar-refractivity contribution in [2.45, 2.75) is 25.3 Å². The standard InChI is InChI=1S/C16H25BrN2O/c1-19(11-13-4-3-9-20-12-13)8-7-16(18)14-5-2-6-15(17)10-14/h2,5-6,10,13,16H,3-4,7-9,11-12,18H2,1H3. The zero-order valence-corrected chi connectivity index (χ0v) is 13.8. The highest BCUT2D eigenvalue weighted by Crippen LogP contribution is 2.20. The van der Waals surface area contributed by atoms with Crippen molar-refractivity contribution >= 4 is 15.9 Å². The summed E-state index contributed by atoms with van der Waals surface area (Å²) in [6, 6.07) is 8.40. The number of hydrogen-bond acceptors (Lipinski definition) is 3. The summed E-state index contributed by atoms with van der Waals surface area (Å²) in [6.07, 6.45) is 3.48. The minimum atomic E-state index is 0.109. The highest BCUT2D eigenvalue weighted by molar-refractivity contribution is 9.10.